The van der Waals surface area contributed by atoms with Crippen molar-refractivity contribution in [3.05, 3.63) is 54.1 Å². The van der Waals surface area contributed by atoms with Gasteiger partial charge in [-0.05, 0) is 29.8 Å². The molecule has 0 saturated carbocycles. The molecule has 2 aromatic rings. The first kappa shape index (κ1) is 16.9. The molecular formula is C20H24N4O2. The van der Waals surface area contributed by atoms with Crippen LogP contribution in [0.5, 0.6) is 0 Å². The predicted molar refractivity (Wildman–Crippen MR) is 104 cm³/mol. The first-order valence-electron chi connectivity index (χ1n) is 9.01. The number of hydrogen-bond acceptors (Lipinski definition) is 6. The summed E-state index contributed by atoms with van der Waals surface area (Å²) in [7, 11) is 0. The van der Waals surface area contributed by atoms with Gasteiger partial charge in [-0.2, -0.15) is 0 Å². The number of aliphatic imine (C=N–C) groups is 1. The van der Waals surface area contributed by atoms with E-state index in [0.717, 1.165) is 54.5 Å². The molecule has 0 bridgehead atoms. The molecule has 1 fully saturated rings. The molecule has 1 saturated heterocycles. The zero-order chi connectivity index (χ0) is 17.8. The Labute approximate surface area is 153 Å². The molecule has 6 nitrogen and oxygen atoms in total. The van der Waals surface area contributed by atoms with Gasteiger partial charge in [-0.25, -0.2) is 4.99 Å². The van der Waals surface area contributed by atoms with E-state index in [1.807, 2.05) is 42.5 Å². The van der Waals surface area contributed by atoms with E-state index in [2.05, 4.69) is 22.0 Å². The fourth-order valence-electron chi connectivity index (χ4n) is 3.53. The first-order valence-corrected chi connectivity index (χ1v) is 9.01. The van der Waals surface area contributed by atoms with Crippen LogP contribution in [0.2, 0.25) is 0 Å². The fraction of sp³-hybridized carbons (Fsp3) is 0.350. The van der Waals surface area contributed by atoms with Crippen molar-refractivity contribution in [2.75, 3.05) is 30.6 Å². The van der Waals surface area contributed by atoms with Crippen molar-refractivity contribution in [1.29, 1.82) is 0 Å². The number of anilines is 2. The van der Waals surface area contributed by atoms with Gasteiger partial charge < -0.3 is 25.8 Å². The Kier molecular flexibility index (Phi) is 4.77. The molecule has 0 atom stereocenters. The third-order valence-electron chi connectivity index (χ3n) is 5.01. The van der Waals surface area contributed by atoms with Crippen molar-refractivity contribution in [2.45, 2.75) is 24.9 Å². The van der Waals surface area contributed by atoms with Crippen LogP contribution in [0.15, 0.2) is 53.5 Å². The van der Waals surface area contributed by atoms with Gasteiger partial charge in [0.25, 0.3) is 0 Å². The van der Waals surface area contributed by atoms with Crippen molar-refractivity contribution in [3.8, 4) is 0 Å². The Bertz CT molecular complexity index is 783. The van der Waals surface area contributed by atoms with Gasteiger partial charge in [-0.1, -0.05) is 24.3 Å². The van der Waals surface area contributed by atoms with Crippen molar-refractivity contribution >= 4 is 22.9 Å². The number of amidine groups is 1. The smallest absolute Gasteiger partial charge is 0.129 e. The van der Waals surface area contributed by atoms with Gasteiger partial charge in [0.1, 0.15) is 12.6 Å². The number of nitrogens with zero attached hydrogens (tertiary/aromatic N) is 1. The van der Waals surface area contributed by atoms with E-state index in [0.29, 0.717) is 6.54 Å². The van der Waals surface area contributed by atoms with Crippen LogP contribution in [0.1, 0.15) is 18.4 Å². The summed E-state index contributed by atoms with van der Waals surface area (Å²) in [6.45, 7) is 2.10. The Hall–Kier alpha value is -2.57. The summed E-state index contributed by atoms with van der Waals surface area (Å²) in [4.78, 5) is 4.93. The second kappa shape index (κ2) is 7.35. The maximum Gasteiger partial charge on any atom is 0.129 e. The van der Waals surface area contributed by atoms with Crippen molar-refractivity contribution in [3.63, 3.8) is 0 Å². The van der Waals surface area contributed by atoms with Gasteiger partial charge >= 0.3 is 0 Å². The Morgan fingerprint density at radius 1 is 1.04 bits per heavy atom. The zero-order valence-electron chi connectivity index (χ0n) is 14.7. The molecule has 2 heterocycles. The maximum absolute atomic E-state index is 8.93. The topological polar surface area (TPSA) is 77.9 Å². The SMILES string of the molecule is OCNc1ccc(CNC2=Nc3ccccc3NC23CCOCC3)cc1. The number of ether oxygens (including phenoxy) is 1. The van der Waals surface area contributed by atoms with E-state index in [4.69, 9.17) is 14.8 Å². The van der Waals surface area contributed by atoms with Crippen molar-refractivity contribution in [1.82, 2.24) is 5.32 Å². The zero-order valence-corrected chi connectivity index (χ0v) is 14.7. The lowest BCUT2D eigenvalue weighted by Crippen LogP contribution is -2.56. The molecule has 136 valence electrons. The van der Waals surface area contributed by atoms with Crippen LogP contribution in [-0.2, 0) is 11.3 Å². The van der Waals surface area contributed by atoms with E-state index in [1.165, 1.54) is 0 Å². The van der Waals surface area contributed by atoms with Crippen molar-refractivity contribution < 1.29 is 9.84 Å². The average Bonchev–Trinajstić information content (AvgIpc) is 2.68. The van der Waals surface area contributed by atoms with E-state index >= 15 is 0 Å². The minimum Gasteiger partial charge on any atom is -0.381 e. The predicted octanol–water partition coefficient (Wildman–Crippen LogP) is 2.84. The molecule has 26 heavy (non-hydrogen) atoms. The number of fused-ring (bicyclic) bond motifs is 1. The quantitative estimate of drug-likeness (QED) is 0.637. The lowest BCUT2D eigenvalue weighted by atomic mass is 9.86. The van der Waals surface area contributed by atoms with Gasteiger partial charge in [0.2, 0.25) is 0 Å². The monoisotopic (exact) mass is 352 g/mol. The molecule has 4 N–H and O–H groups in total. The fourth-order valence-corrected chi connectivity index (χ4v) is 3.53. The number of nitrogens with one attached hydrogen (secondary N) is 3. The van der Waals surface area contributed by atoms with Crippen LogP contribution < -0.4 is 16.0 Å². The van der Waals surface area contributed by atoms with E-state index in [9.17, 15) is 0 Å². The van der Waals surface area contributed by atoms with E-state index in [1.54, 1.807) is 0 Å². The van der Waals surface area contributed by atoms with Crippen LogP contribution in [0.4, 0.5) is 17.1 Å². The molecule has 6 heteroatoms. The molecule has 0 unspecified atom stereocenters. The van der Waals surface area contributed by atoms with Gasteiger partial charge in [0.05, 0.1) is 16.9 Å². The van der Waals surface area contributed by atoms with Crippen LogP contribution in [0.3, 0.4) is 0 Å². The molecule has 2 aromatic carbocycles. The maximum atomic E-state index is 8.93. The number of benzene rings is 2. The van der Waals surface area contributed by atoms with E-state index in [-0.39, 0.29) is 12.3 Å². The standard InChI is InChI=1S/C20H24N4O2/c25-14-22-16-7-5-15(6-8-16)13-21-19-20(9-11-26-12-10-20)24-18-4-2-1-3-17(18)23-19/h1-8,22,24-25H,9-14H2,(H,21,23). The summed E-state index contributed by atoms with van der Waals surface area (Å²) in [6.07, 6.45) is 1.79. The summed E-state index contributed by atoms with van der Waals surface area (Å²) in [6, 6.07) is 16.2. The number of hydrogen-bond donors (Lipinski definition) is 4. The highest BCUT2D eigenvalue weighted by Crippen LogP contribution is 2.37. The molecule has 4 rings (SSSR count). The molecule has 0 aliphatic carbocycles. The molecule has 0 amide bonds. The molecule has 0 aromatic heterocycles. The highest BCUT2D eigenvalue weighted by atomic mass is 16.5. The second-order valence-electron chi connectivity index (χ2n) is 6.68. The molecule has 1 spiro atoms. The van der Waals surface area contributed by atoms with Crippen LogP contribution in [0, 0.1) is 0 Å². The third-order valence-corrected chi connectivity index (χ3v) is 5.01. The number of rotatable bonds is 4. The van der Waals surface area contributed by atoms with Crippen LogP contribution in [-0.4, -0.2) is 36.4 Å². The Morgan fingerprint density at radius 2 is 1.81 bits per heavy atom. The van der Waals surface area contributed by atoms with Gasteiger partial charge in [0.15, 0.2) is 0 Å². The highest BCUT2D eigenvalue weighted by molar-refractivity contribution is 6.00. The largest absolute Gasteiger partial charge is 0.381 e. The number of aliphatic hydroxyl groups excluding tert-OH is 1. The normalized spacial score (nSPS) is 17.8. The summed E-state index contributed by atoms with van der Waals surface area (Å²) >= 11 is 0. The summed E-state index contributed by atoms with van der Waals surface area (Å²) < 4.78 is 5.58. The van der Waals surface area contributed by atoms with E-state index < -0.39 is 0 Å². The Balaban J connectivity index is 1.54. The average molecular weight is 352 g/mol. The van der Waals surface area contributed by atoms with Crippen LogP contribution in [0.25, 0.3) is 0 Å². The summed E-state index contributed by atoms with van der Waals surface area (Å²) in [5, 5.41) is 19.1. The lowest BCUT2D eigenvalue weighted by molar-refractivity contribution is 0.0771. The number of aliphatic hydroxyl groups is 1. The molecular weight excluding hydrogens is 328 g/mol. The first-order chi connectivity index (χ1) is 12.8. The molecule has 0 radical (unpaired) electrons. The second-order valence-corrected chi connectivity index (χ2v) is 6.68. The lowest BCUT2D eigenvalue weighted by Gasteiger charge is -2.42. The number of para-hydroxylation sites is 2. The third kappa shape index (κ3) is 3.38. The van der Waals surface area contributed by atoms with Crippen molar-refractivity contribution in [2.24, 2.45) is 4.99 Å². The van der Waals surface area contributed by atoms with Gasteiger partial charge in [0, 0.05) is 38.3 Å². The van der Waals surface area contributed by atoms with Gasteiger partial charge in [-0.15, -0.1) is 0 Å². The summed E-state index contributed by atoms with van der Waals surface area (Å²) in [5.41, 5.74) is 3.93. The van der Waals surface area contributed by atoms with Gasteiger partial charge in [-0.3, -0.25) is 0 Å². The Morgan fingerprint density at radius 3 is 2.58 bits per heavy atom. The molecule has 2 aliphatic heterocycles. The van der Waals surface area contributed by atoms with Crippen LogP contribution >= 0.6 is 0 Å². The highest BCUT2D eigenvalue weighted by Gasteiger charge is 2.40. The minimum atomic E-state index is -0.189. The minimum absolute atomic E-state index is 0.0654. The summed E-state index contributed by atoms with van der Waals surface area (Å²) in [5.74, 6) is 0.983. The molecule has 2 aliphatic rings.